The Morgan fingerprint density at radius 2 is 1.68 bits per heavy atom. The van der Waals surface area contributed by atoms with E-state index in [1.165, 1.54) is 38.1 Å². The van der Waals surface area contributed by atoms with Crippen LogP contribution in [0, 0.1) is 11.6 Å². The number of aryl methyl sites for hydroxylation is 1. The molecule has 218 valence electrons. The zero-order valence-corrected chi connectivity index (χ0v) is 24.2. The molecule has 2 N–H and O–H groups in total. The lowest BCUT2D eigenvalue weighted by Gasteiger charge is -2.16. The Balaban J connectivity index is 0.000000178. The molecule has 2 aliphatic heterocycles. The van der Waals surface area contributed by atoms with Gasteiger partial charge < -0.3 is 15.4 Å². The van der Waals surface area contributed by atoms with Gasteiger partial charge in [0.2, 0.25) is 0 Å². The molecule has 0 unspecified atom stereocenters. The number of primary amides is 1. The van der Waals surface area contributed by atoms with Crippen molar-refractivity contribution in [3.63, 3.8) is 0 Å². The van der Waals surface area contributed by atoms with Crippen molar-refractivity contribution in [2.45, 2.75) is 64.9 Å². The van der Waals surface area contributed by atoms with Crippen LogP contribution in [0.25, 0.3) is 11.1 Å². The Morgan fingerprint density at radius 3 is 2.34 bits per heavy atom. The summed E-state index contributed by atoms with van der Waals surface area (Å²) in [5.41, 5.74) is 10.6. The van der Waals surface area contributed by atoms with Crippen molar-refractivity contribution in [1.82, 2.24) is 4.90 Å². The molecule has 7 heteroatoms. The fraction of sp³-hybridized carbons (Fsp3) is 0.412. The molecule has 2 fully saturated rings. The third-order valence-electron chi connectivity index (χ3n) is 7.38. The fourth-order valence-corrected chi connectivity index (χ4v) is 5.11. The van der Waals surface area contributed by atoms with E-state index in [-0.39, 0.29) is 17.7 Å². The summed E-state index contributed by atoms with van der Waals surface area (Å²) in [7, 11) is 0. The van der Waals surface area contributed by atoms with E-state index in [1.54, 1.807) is 24.3 Å². The van der Waals surface area contributed by atoms with E-state index in [0.29, 0.717) is 18.0 Å². The maximum absolute atomic E-state index is 13.8. The molecule has 2 heterocycles. The van der Waals surface area contributed by atoms with Gasteiger partial charge in [-0.1, -0.05) is 50.2 Å². The number of carbonyl (C=O) groups is 1. The van der Waals surface area contributed by atoms with Crippen molar-refractivity contribution in [3.05, 3.63) is 89.0 Å². The van der Waals surface area contributed by atoms with E-state index in [1.807, 2.05) is 38.1 Å². The lowest BCUT2D eigenvalue weighted by Crippen LogP contribution is -2.28. The smallest absolute Gasteiger partial charge is 0.267 e. The van der Waals surface area contributed by atoms with Crippen LogP contribution >= 0.6 is 0 Å². The number of benzene rings is 3. The van der Waals surface area contributed by atoms with E-state index >= 15 is 0 Å². The van der Waals surface area contributed by atoms with Gasteiger partial charge in [0.25, 0.3) is 5.91 Å². The second-order valence-electron chi connectivity index (χ2n) is 10.5. The number of likely N-dealkylation sites (tertiary alicyclic amines) is 1. The normalized spacial score (nSPS) is 16.0. The molecule has 0 radical (unpaired) electrons. The van der Waals surface area contributed by atoms with Crippen molar-refractivity contribution in [2.24, 2.45) is 10.7 Å². The summed E-state index contributed by atoms with van der Waals surface area (Å²) in [6, 6.07) is 17.6. The number of rotatable bonds is 8. The van der Waals surface area contributed by atoms with Crippen molar-refractivity contribution in [1.29, 1.82) is 0 Å². The van der Waals surface area contributed by atoms with Gasteiger partial charge in [-0.3, -0.25) is 9.79 Å². The first-order valence-electron chi connectivity index (χ1n) is 14.9. The highest BCUT2D eigenvalue weighted by molar-refractivity contribution is 6.45. The summed E-state index contributed by atoms with van der Waals surface area (Å²) >= 11 is 0. The van der Waals surface area contributed by atoms with Crippen molar-refractivity contribution in [3.8, 4) is 16.9 Å². The van der Waals surface area contributed by atoms with Gasteiger partial charge in [-0.25, -0.2) is 8.78 Å². The quantitative estimate of drug-likeness (QED) is 0.331. The first kappa shape index (κ1) is 30.4. The fourth-order valence-electron chi connectivity index (χ4n) is 5.11. The molecule has 3 aliphatic rings. The number of carbonyl (C=O) groups excluding carboxylic acids is 1. The first-order valence-corrected chi connectivity index (χ1v) is 14.9. The number of ether oxygens (including phenoxy) is 1. The molecule has 3 aromatic carbocycles. The van der Waals surface area contributed by atoms with Crippen LogP contribution in [0.4, 0.5) is 8.78 Å². The van der Waals surface area contributed by atoms with Gasteiger partial charge >= 0.3 is 0 Å². The van der Waals surface area contributed by atoms with E-state index in [4.69, 9.17) is 10.5 Å². The molecule has 1 aliphatic carbocycles. The first-order chi connectivity index (χ1) is 20.0. The Bertz CT molecular complexity index is 1330. The minimum absolute atomic E-state index is 0.203. The molecule has 1 saturated heterocycles. The monoisotopic (exact) mass is 561 g/mol. The van der Waals surface area contributed by atoms with Crippen LogP contribution in [0.2, 0.25) is 0 Å². The van der Waals surface area contributed by atoms with Gasteiger partial charge in [-0.15, -0.1) is 0 Å². The molecule has 1 saturated carbocycles. The third kappa shape index (κ3) is 8.70. The second-order valence-corrected chi connectivity index (χ2v) is 10.5. The lowest BCUT2D eigenvalue weighted by molar-refractivity contribution is -0.111. The van der Waals surface area contributed by atoms with Gasteiger partial charge in [-0.2, -0.15) is 0 Å². The van der Waals surface area contributed by atoms with Gasteiger partial charge in [0.05, 0.1) is 6.10 Å². The number of hydrogen-bond donors (Lipinski definition) is 1. The molecule has 5 nitrogen and oxygen atoms in total. The van der Waals surface area contributed by atoms with Gasteiger partial charge in [0.15, 0.2) is 11.6 Å². The Morgan fingerprint density at radius 1 is 0.976 bits per heavy atom. The summed E-state index contributed by atoms with van der Waals surface area (Å²) in [6.45, 7) is 8.19. The zero-order chi connectivity index (χ0) is 29.2. The summed E-state index contributed by atoms with van der Waals surface area (Å²) in [5, 5.41) is 0. The number of nitrogens with zero attached hydrogens (tertiary/aromatic N) is 2. The Labute approximate surface area is 242 Å². The minimum Gasteiger partial charge on any atom is -0.487 e. The average molecular weight is 562 g/mol. The largest absolute Gasteiger partial charge is 0.487 e. The number of fused-ring (bicyclic) bond motifs is 1. The molecule has 0 spiro atoms. The van der Waals surface area contributed by atoms with Crippen LogP contribution in [0.3, 0.4) is 0 Å². The van der Waals surface area contributed by atoms with Gasteiger partial charge in [-0.05, 0) is 111 Å². The number of amides is 1. The number of halogens is 2. The predicted octanol–water partition coefficient (Wildman–Crippen LogP) is 6.74. The van der Waals surface area contributed by atoms with E-state index in [9.17, 15) is 13.6 Å². The van der Waals surface area contributed by atoms with Crippen molar-refractivity contribution < 1.29 is 18.3 Å². The molecule has 0 bridgehead atoms. The zero-order valence-electron chi connectivity index (χ0n) is 24.2. The van der Waals surface area contributed by atoms with Crippen LogP contribution < -0.4 is 10.5 Å². The molecule has 3 aromatic rings. The van der Waals surface area contributed by atoms with Crippen LogP contribution in [-0.4, -0.2) is 48.8 Å². The molecule has 0 aromatic heterocycles. The Hall–Kier alpha value is -3.58. The molecule has 41 heavy (non-hydrogen) atoms. The van der Waals surface area contributed by atoms with E-state index in [0.717, 1.165) is 66.5 Å². The molecule has 0 atom stereocenters. The molecule has 1 amide bonds. The van der Waals surface area contributed by atoms with Gasteiger partial charge in [0.1, 0.15) is 11.5 Å². The molecule has 6 rings (SSSR count). The van der Waals surface area contributed by atoms with Crippen LogP contribution in [-0.2, 0) is 17.6 Å². The summed E-state index contributed by atoms with van der Waals surface area (Å²) in [6.07, 6.45) is 7.91. The maximum atomic E-state index is 13.8. The summed E-state index contributed by atoms with van der Waals surface area (Å²) < 4.78 is 32.3. The molecular formula is C34H41F2N3O2. The highest BCUT2D eigenvalue weighted by Gasteiger charge is 2.24. The highest BCUT2D eigenvalue weighted by Crippen LogP contribution is 2.29. The number of hydrogen-bond acceptors (Lipinski definition) is 4. The second kappa shape index (κ2) is 14.9. The van der Waals surface area contributed by atoms with Crippen LogP contribution in [0.15, 0.2) is 65.7 Å². The lowest BCUT2D eigenvalue weighted by atomic mass is 9.93. The number of aliphatic imine (C=N–C) groups is 1. The predicted molar refractivity (Wildman–Crippen MR) is 162 cm³/mol. The van der Waals surface area contributed by atoms with Crippen molar-refractivity contribution in [2.75, 3.05) is 26.2 Å². The minimum atomic E-state index is -0.500. The molecular weight excluding hydrogens is 520 g/mol. The summed E-state index contributed by atoms with van der Waals surface area (Å²) in [5.74, 6) is -0.535. The Kier molecular flexibility index (Phi) is 11.0. The topological polar surface area (TPSA) is 67.9 Å². The van der Waals surface area contributed by atoms with Crippen molar-refractivity contribution >= 4 is 11.6 Å². The standard InChI is InChI=1S/C16H13FN2O.C16H22FNO.C2H6/c17-13-4-1-10(2-5-13)11-3-6-14-12(9-11)7-8-19-15(14)16(18)20;17-15-12-13(4-3-11-18-9-1-2-10-18)5-8-16(15)19-14-6-7-14;1-2/h1-6,9H,7-8H2,(H2,18,20);5,8,12,14H,1-4,6-7,9-11H2;1-2H3. The highest BCUT2D eigenvalue weighted by atomic mass is 19.1. The van der Waals surface area contributed by atoms with E-state index < -0.39 is 5.91 Å². The SMILES string of the molecule is CC.Fc1cc(CCCN2CCCC2)ccc1OC1CC1.NC(=O)C1=NCCc2cc(-c3ccc(F)cc3)ccc21. The third-order valence-corrected chi connectivity index (χ3v) is 7.38. The van der Waals surface area contributed by atoms with Crippen LogP contribution in [0.5, 0.6) is 5.75 Å². The van der Waals surface area contributed by atoms with Gasteiger partial charge in [0, 0.05) is 12.1 Å². The van der Waals surface area contributed by atoms with E-state index in [2.05, 4.69) is 9.89 Å². The maximum Gasteiger partial charge on any atom is 0.267 e. The number of nitrogens with two attached hydrogens (primary N) is 1. The average Bonchev–Trinajstić information content (AvgIpc) is 3.66. The summed E-state index contributed by atoms with van der Waals surface area (Å²) in [4.78, 5) is 18.0. The van der Waals surface area contributed by atoms with Crippen LogP contribution in [0.1, 0.15) is 62.6 Å².